The molecule has 126 valence electrons. The van der Waals surface area contributed by atoms with Crippen LogP contribution < -0.4 is 5.32 Å². The summed E-state index contributed by atoms with van der Waals surface area (Å²) < 4.78 is 5.32. The predicted molar refractivity (Wildman–Crippen MR) is 87.2 cm³/mol. The highest BCUT2D eigenvalue weighted by Crippen LogP contribution is 2.23. The fourth-order valence-electron chi connectivity index (χ4n) is 2.56. The monoisotopic (exact) mass is 320 g/mol. The van der Waals surface area contributed by atoms with Crippen LogP contribution in [0.5, 0.6) is 0 Å². The van der Waals surface area contributed by atoms with Crippen molar-refractivity contribution in [1.29, 1.82) is 0 Å². The Labute approximate surface area is 136 Å². The van der Waals surface area contributed by atoms with Gasteiger partial charge in [-0.15, -0.1) is 0 Å². The van der Waals surface area contributed by atoms with E-state index in [2.05, 4.69) is 5.32 Å². The van der Waals surface area contributed by atoms with E-state index in [0.717, 1.165) is 5.56 Å². The molecule has 0 radical (unpaired) electrons. The van der Waals surface area contributed by atoms with Crippen molar-refractivity contribution in [3.8, 4) is 0 Å². The molecule has 1 aliphatic rings. The maximum atomic E-state index is 12.5. The fourth-order valence-corrected chi connectivity index (χ4v) is 2.56. The van der Waals surface area contributed by atoms with E-state index in [0.29, 0.717) is 18.7 Å². The molecule has 2 atom stereocenters. The molecule has 6 heteroatoms. The number of anilines is 1. The van der Waals surface area contributed by atoms with Gasteiger partial charge >= 0.3 is 6.09 Å². The maximum absolute atomic E-state index is 12.5. The molecule has 1 heterocycles. The number of carbonyl (C=O) groups is 2. The van der Waals surface area contributed by atoms with E-state index in [9.17, 15) is 14.7 Å². The lowest BCUT2D eigenvalue weighted by molar-refractivity contribution is -0.122. The first kappa shape index (κ1) is 17.3. The van der Waals surface area contributed by atoms with E-state index in [1.807, 2.05) is 25.1 Å². The van der Waals surface area contributed by atoms with Gasteiger partial charge in [0.1, 0.15) is 11.6 Å². The Morgan fingerprint density at radius 2 is 2.04 bits per heavy atom. The number of benzene rings is 1. The number of amides is 2. The second kappa shape index (κ2) is 6.58. The molecule has 0 spiro atoms. The molecule has 2 N–H and O–H groups in total. The molecule has 0 aliphatic carbocycles. The van der Waals surface area contributed by atoms with Crippen molar-refractivity contribution < 1.29 is 19.4 Å². The molecule has 1 aromatic rings. The molecule has 23 heavy (non-hydrogen) atoms. The third kappa shape index (κ3) is 4.45. The Balaban J connectivity index is 2.11. The lowest BCUT2D eigenvalue weighted by atomic mass is 10.1. The summed E-state index contributed by atoms with van der Waals surface area (Å²) in [5.41, 5.74) is 0.999. The molecule has 6 nitrogen and oxygen atoms in total. The fraction of sp³-hybridized carbons (Fsp3) is 0.529. The number of hydrogen-bond donors (Lipinski definition) is 2. The topological polar surface area (TPSA) is 78.9 Å². The number of aliphatic hydroxyl groups is 1. The van der Waals surface area contributed by atoms with Gasteiger partial charge in [0.15, 0.2) is 0 Å². The molecule has 1 fully saturated rings. The molecule has 1 aromatic carbocycles. The second-order valence-electron chi connectivity index (χ2n) is 6.83. The standard InChI is InChI=1S/C17H24N2O4/c1-11-6-5-7-12(10-11)18-15(21)14-13(20)8-9-19(14)16(22)23-17(2,3)4/h5-7,10,13-14,20H,8-9H2,1-4H3,(H,18,21)/t13-,14-/m0/s1. The van der Waals surface area contributed by atoms with Gasteiger partial charge in [0.05, 0.1) is 6.10 Å². The number of carbonyl (C=O) groups excluding carboxylic acids is 2. The highest BCUT2D eigenvalue weighted by molar-refractivity contribution is 5.97. The summed E-state index contributed by atoms with van der Waals surface area (Å²) in [5, 5.41) is 12.9. The van der Waals surface area contributed by atoms with Crippen LogP contribution in [0.25, 0.3) is 0 Å². The van der Waals surface area contributed by atoms with Crippen LogP contribution >= 0.6 is 0 Å². The normalized spacial score (nSPS) is 21.2. The van der Waals surface area contributed by atoms with E-state index < -0.39 is 29.7 Å². The van der Waals surface area contributed by atoms with Crippen molar-refractivity contribution in [3.05, 3.63) is 29.8 Å². The van der Waals surface area contributed by atoms with Gasteiger partial charge in [0.2, 0.25) is 5.91 Å². The van der Waals surface area contributed by atoms with Crippen molar-refractivity contribution in [3.63, 3.8) is 0 Å². The zero-order chi connectivity index (χ0) is 17.2. The highest BCUT2D eigenvalue weighted by Gasteiger charge is 2.42. The zero-order valence-corrected chi connectivity index (χ0v) is 14.0. The molecular formula is C17H24N2O4. The van der Waals surface area contributed by atoms with Crippen molar-refractivity contribution in [2.24, 2.45) is 0 Å². The van der Waals surface area contributed by atoms with Gasteiger partial charge in [-0.1, -0.05) is 12.1 Å². The van der Waals surface area contributed by atoms with Crippen molar-refractivity contribution in [2.75, 3.05) is 11.9 Å². The van der Waals surface area contributed by atoms with Crippen LogP contribution in [0.1, 0.15) is 32.8 Å². The third-order valence-corrected chi connectivity index (χ3v) is 3.55. The molecule has 0 unspecified atom stereocenters. The smallest absolute Gasteiger partial charge is 0.411 e. The Morgan fingerprint density at radius 1 is 1.35 bits per heavy atom. The minimum Gasteiger partial charge on any atom is -0.444 e. The Hall–Kier alpha value is -2.08. The lowest BCUT2D eigenvalue weighted by Gasteiger charge is -2.28. The summed E-state index contributed by atoms with van der Waals surface area (Å²) in [5.74, 6) is -0.411. The van der Waals surface area contributed by atoms with Crippen LogP contribution in [-0.4, -0.2) is 46.3 Å². The van der Waals surface area contributed by atoms with E-state index in [1.54, 1.807) is 26.8 Å². The summed E-state index contributed by atoms with van der Waals surface area (Å²) in [6.45, 7) is 7.51. The Morgan fingerprint density at radius 3 is 2.65 bits per heavy atom. The lowest BCUT2D eigenvalue weighted by Crippen LogP contribution is -2.49. The van der Waals surface area contributed by atoms with Gasteiger partial charge in [-0.25, -0.2) is 4.79 Å². The number of ether oxygens (including phenoxy) is 1. The summed E-state index contributed by atoms with van der Waals surface area (Å²) in [4.78, 5) is 26.0. The number of hydrogen-bond acceptors (Lipinski definition) is 4. The minimum atomic E-state index is -0.939. The average Bonchev–Trinajstić information content (AvgIpc) is 2.79. The number of nitrogens with one attached hydrogen (secondary N) is 1. The van der Waals surface area contributed by atoms with Crippen molar-refractivity contribution >= 4 is 17.7 Å². The highest BCUT2D eigenvalue weighted by atomic mass is 16.6. The molecule has 2 rings (SSSR count). The average molecular weight is 320 g/mol. The Kier molecular flexibility index (Phi) is 4.94. The van der Waals surface area contributed by atoms with Crippen LogP contribution in [0.4, 0.5) is 10.5 Å². The van der Waals surface area contributed by atoms with Gasteiger partial charge < -0.3 is 15.2 Å². The summed E-state index contributed by atoms with van der Waals surface area (Å²) in [6, 6.07) is 6.42. The quantitative estimate of drug-likeness (QED) is 0.876. The number of aryl methyl sites for hydroxylation is 1. The van der Waals surface area contributed by atoms with Crippen LogP contribution in [0.15, 0.2) is 24.3 Å². The minimum absolute atomic E-state index is 0.294. The van der Waals surface area contributed by atoms with Gasteiger partial charge in [-0.2, -0.15) is 0 Å². The number of likely N-dealkylation sites (tertiary alicyclic amines) is 1. The largest absolute Gasteiger partial charge is 0.444 e. The molecule has 2 amide bonds. The van der Waals surface area contributed by atoms with E-state index in [4.69, 9.17) is 4.74 Å². The van der Waals surface area contributed by atoms with Crippen LogP contribution in [-0.2, 0) is 9.53 Å². The molecular weight excluding hydrogens is 296 g/mol. The number of nitrogens with zero attached hydrogens (tertiary/aromatic N) is 1. The molecule has 0 bridgehead atoms. The summed E-state index contributed by atoms with van der Waals surface area (Å²) in [7, 11) is 0. The van der Waals surface area contributed by atoms with E-state index >= 15 is 0 Å². The van der Waals surface area contributed by atoms with Crippen LogP contribution in [0.2, 0.25) is 0 Å². The van der Waals surface area contributed by atoms with E-state index in [-0.39, 0.29) is 0 Å². The predicted octanol–water partition coefficient (Wildman–Crippen LogP) is 2.30. The van der Waals surface area contributed by atoms with E-state index in [1.165, 1.54) is 4.90 Å². The molecule has 0 aromatic heterocycles. The van der Waals surface area contributed by atoms with Crippen molar-refractivity contribution in [1.82, 2.24) is 4.90 Å². The molecule has 1 saturated heterocycles. The van der Waals surface area contributed by atoms with Gasteiger partial charge in [-0.3, -0.25) is 9.69 Å². The van der Waals surface area contributed by atoms with Crippen molar-refractivity contribution in [2.45, 2.75) is 51.9 Å². The Bertz CT molecular complexity index is 595. The zero-order valence-electron chi connectivity index (χ0n) is 14.0. The first-order valence-electron chi connectivity index (χ1n) is 7.72. The maximum Gasteiger partial charge on any atom is 0.411 e. The first-order valence-corrected chi connectivity index (χ1v) is 7.72. The molecule has 1 aliphatic heterocycles. The molecule has 0 saturated carbocycles. The summed E-state index contributed by atoms with van der Waals surface area (Å²) in [6.07, 6.45) is -1.13. The van der Waals surface area contributed by atoms with Crippen LogP contribution in [0, 0.1) is 6.92 Å². The number of rotatable bonds is 2. The first-order chi connectivity index (χ1) is 10.7. The van der Waals surface area contributed by atoms with Gasteiger partial charge in [0.25, 0.3) is 0 Å². The SMILES string of the molecule is Cc1cccc(NC(=O)[C@@H]2[C@@H](O)CCN2C(=O)OC(C)(C)C)c1. The number of aliphatic hydroxyl groups excluding tert-OH is 1. The summed E-state index contributed by atoms with van der Waals surface area (Å²) >= 11 is 0. The van der Waals surface area contributed by atoms with Gasteiger partial charge in [0, 0.05) is 12.2 Å². The second-order valence-corrected chi connectivity index (χ2v) is 6.83. The van der Waals surface area contributed by atoms with Gasteiger partial charge in [-0.05, 0) is 51.8 Å². The van der Waals surface area contributed by atoms with Crippen LogP contribution in [0.3, 0.4) is 0 Å². The third-order valence-electron chi connectivity index (χ3n) is 3.55.